The lowest BCUT2D eigenvalue weighted by Gasteiger charge is -2.13. The first kappa shape index (κ1) is 40.3. The third-order valence-electron chi connectivity index (χ3n) is 6.20. The largest absolute Gasteiger partial charge is 0.481 e. The second-order valence-electron chi connectivity index (χ2n) is 10.2. The van der Waals surface area contributed by atoms with Crippen LogP contribution in [0.2, 0.25) is 0 Å². The third kappa shape index (κ3) is 32.8. The van der Waals surface area contributed by atoms with Crippen molar-refractivity contribution in [1.82, 2.24) is 0 Å². The molecule has 0 fully saturated rings. The van der Waals surface area contributed by atoms with Gasteiger partial charge in [-0.15, -0.1) is 0 Å². The molecule has 0 amide bonds. The molecule has 0 aliphatic rings. The molecule has 0 aromatic carbocycles. The lowest BCUT2D eigenvalue weighted by Crippen LogP contribution is -2.15. The van der Waals surface area contributed by atoms with Crippen LogP contribution in [0.25, 0.3) is 0 Å². The van der Waals surface area contributed by atoms with Crippen molar-refractivity contribution in [2.24, 2.45) is 0 Å². The van der Waals surface area contributed by atoms with Crippen LogP contribution in [0.15, 0.2) is 122 Å². The zero-order valence-electron chi connectivity index (χ0n) is 27.4. The van der Waals surface area contributed by atoms with Crippen molar-refractivity contribution >= 4 is 11.9 Å². The van der Waals surface area contributed by atoms with Gasteiger partial charge in [-0.05, 0) is 89.5 Å². The van der Waals surface area contributed by atoms with E-state index in [-0.39, 0.29) is 24.9 Å². The molecule has 44 heavy (non-hydrogen) atoms. The number of carbonyl (C=O) groups is 2. The van der Waals surface area contributed by atoms with Gasteiger partial charge in [0.15, 0.2) is 0 Å². The maximum absolute atomic E-state index is 12.4. The van der Waals surface area contributed by atoms with Crippen molar-refractivity contribution in [2.45, 2.75) is 116 Å². The molecule has 0 rings (SSSR count). The van der Waals surface area contributed by atoms with E-state index in [4.69, 9.17) is 9.84 Å². The highest BCUT2D eigenvalue weighted by molar-refractivity contribution is 5.71. The van der Waals surface area contributed by atoms with Crippen LogP contribution in [-0.2, 0) is 14.3 Å². The standard InChI is InChI=1S/C40H58O4/c1-3-5-7-9-11-13-15-17-19-21-23-25-27-29-31-37-40(43)44-38(35-32-33-36-39(41)42)34-30-28-26-24-22-20-18-16-14-12-10-8-6-4-2/h5-8,11-14,17-20,23-26,29-31,34,38H,3-4,9-10,15-16,21-22,27-28,32-33,35-37H2,1-2H3,(H,41,42)/b7-5-,8-6-,13-11-,14-12-,19-17-,20-18-,25-23-,26-24-,31-29-,34-30-. The average molecular weight is 603 g/mol. The molecule has 0 aromatic heterocycles. The summed E-state index contributed by atoms with van der Waals surface area (Å²) in [5.41, 5.74) is 0. The maximum atomic E-state index is 12.4. The van der Waals surface area contributed by atoms with Crippen molar-refractivity contribution in [3.05, 3.63) is 122 Å². The quantitative estimate of drug-likeness (QED) is 0.0577. The zero-order chi connectivity index (χ0) is 32.2. The minimum absolute atomic E-state index is 0.131. The van der Waals surface area contributed by atoms with Crippen LogP contribution in [0.3, 0.4) is 0 Å². The molecule has 1 N–H and O–H groups in total. The van der Waals surface area contributed by atoms with Crippen LogP contribution in [-0.4, -0.2) is 23.1 Å². The summed E-state index contributed by atoms with van der Waals surface area (Å²) >= 11 is 0. The number of carbonyl (C=O) groups excluding carboxylic acids is 1. The van der Waals surface area contributed by atoms with Crippen LogP contribution in [0.1, 0.15) is 110 Å². The summed E-state index contributed by atoms with van der Waals surface area (Å²) in [6.07, 6.45) is 53.6. The van der Waals surface area contributed by atoms with E-state index in [0.717, 1.165) is 64.2 Å². The summed E-state index contributed by atoms with van der Waals surface area (Å²) in [7, 11) is 0. The average Bonchev–Trinajstić information content (AvgIpc) is 3.01. The van der Waals surface area contributed by atoms with Gasteiger partial charge in [0, 0.05) is 6.42 Å². The van der Waals surface area contributed by atoms with Gasteiger partial charge in [-0.2, -0.15) is 0 Å². The Morgan fingerprint density at radius 2 is 0.886 bits per heavy atom. The molecule has 0 bridgehead atoms. The lowest BCUT2D eigenvalue weighted by atomic mass is 10.1. The van der Waals surface area contributed by atoms with Gasteiger partial charge in [0.1, 0.15) is 6.10 Å². The Hall–Kier alpha value is -3.66. The number of unbranched alkanes of at least 4 members (excludes halogenated alkanes) is 1. The van der Waals surface area contributed by atoms with Crippen molar-refractivity contribution in [1.29, 1.82) is 0 Å². The van der Waals surface area contributed by atoms with Crippen molar-refractivity contribution in [3.8, 4) is 0 Å². The predicted molar refractivity (Wildman–Crippen MR) is 190 cm³/mol. The monoisotopic (exact) mass is 602 g/mol. The molecule has 242 valence electrons. The van der Waals surface area contributed by atoms with Crippen LogP contribution in [0.5, 0.6) is 0 Å². The molecular weight excluding hydrogens is 544 g/mol. The van der Waals surface area contributed by atoms with Crippen LogP contribution >= 0.6 is 0 Å². The number of hydrogen-bond donors (Lipinski definition) is 1. The molecule has 0 spiro atoms. The first-order valence-electron chi connectivity index (χ1n) is 16.5. The van der Waals surface area contributed by atoms with E-state index in [0.29, 0.717) is 19.3 Å². The van der Waals surface area contributed by atoms with E-state index in [1.807, 2.05) is 24.3 Å². The van der Waals surface area contributed by atoms with Gasteiger partial charge in [-0.3, -0.25) is 9.59 Å². The highest BCUT2D eigenvalue weighted by Crippen LogP contribution is 2.11. The number of esters is 1. The number of carboxylic acid groups (broad SMARTS) is 1. The molecule has 1 atom stereocenters. The van der Waals surface area contributed by atoms with Gasteiger partial charge in [0.2, 0.25) is 0 Å². The molecule has 4 heteroatoms. The molecule has 1 unspecified atom stereocenters. The molecule has 0 aliphatic carbocycles. The van der Waals surface area contributed by atoms with E-state index in [1.54, 1.807) is 0 Å². The van der Waals surface area contributed by atoms with Crippen LogP contribution < -0.4 is 0 Å². The topological polar surface area (TPSA) is 63.6 Å². The number of ether oxygens (including phenoxy) is 1. The number of carboxylic acids is 1. The molecular formula is C40H58O4. The first-order valence-corrected chi connectivity index (χ1v) is 16.5. The zero-order valence-corrected chi connectivity index (χ0v) is 27.4. The van der Waals surface area contributed by atoms with E-state index >= 15 is 0 Å². The lowest BCUT2D eigenvalue weighted by molar-refractivity contribution is -0.146. The molecule has 0 aromatic rings. The van der Waals surface area contributed by atoms with E-state index in [1.165, 1.54) is 0 Å². The second-order valence-corrected chi connectivity index (χ2v) is 10.2. The fourth-order valence-electron chi connectivity index (χ4n) is 3.85. The normalized spacial score (nSPS) is 13.9. The van der Waals surface area contributed by atoms with Crippen molar-refractivity contribution in [3.63, 3.8) is 0 Å². The number of allylic oxidation sites excluding steroid dienone is 18. The number of aliphatic carboxylic acids is 1. The summed E-state index contributed by atoms with van der Waals surface area (Å²) in [6, 6.07) is 0. The van der Waals surface area contributed by atoms with Gasteiger partial charge in [0.25, 0.3) is 0 Å². The van der Waals surface area contributed by atoms with Crippen LogP contribution in [0.4, 0.5) is 0 Å². The Bertz CT molecular complexity index is 998. The maximum Gasteiger partial charge on any atom is 0.310 e. The summed E-state index contributed by atoms with van der Waals surface area (Å²) < 4.78 is 5.68. The van der Waals surface area contributed by atoms with Gasteiger partial charge >= 0.3 is 11.9 Å². The smallest absolute Gasteiger partial charge is 0.310 e. The summed E-state index contributed by atoms with van der Waals surface area (Å²) in [4.78, 5) is 23.2. The van der Waals surface area contributed by atoms with E-state index in [2.05, 4.69) is 111 Å². The summed E-state index contributed by atoms with van der Waals surface area (Å²) in [5.74, 6) is -1.07. The fraction of sp³-hybridized carbons (Fsp3) is 0.450. The minimum atomic E-state index is -0.799. The van der Waals surface area contributed by atoms with Crippen molar-refractivity contribution in [2.75, 3.05) is 0 Å². The minimum Gasteiger partial charge on any atom is -0.481 e. The Morgan fingerprint density at radius 3 is 1.27 bits per heavy atom. The Balaban J connectivity index is 4.38. The Kier molecular flexibility index (Phi) is 31.0. The first-order chi connectivity index (χ1) is 21.6. The highest BCUT2D eigenvalue weighted by atomic mass is 16.5. The molecule has 4 nitrogen and oxygen atoms in total. The second kappa shape index (κ2) is 33.8. The third-order valence-corrected chi connectivity index (χ3v) is 6.20. The highest BCUT2D eigenvalue weighted by Gasteiger charge is 2.10. The number of hydrogen-bond acceptors (Lipinski definition) is 3. The predicted octanol–water partition coefficient (Wildman–Crippen LogP) is 11.4. The van der Waals surface area contributed by atoms with Gasteiger partial charge in [-0.25, -0.2) is 0 Å². The molecule has 0 radical (unpaired) electrons. The Morgan fingerprint density at radius 1 is 0.523 bits per heavy atom. The van der Waals surface area contributed by atoms with E-state index in [9.17, 15) is 9.59 Å². The molecule has 0 heterocycles. The van der Waals surface area contributed by atoms with Gasteiger partial charge in [-0.1, -0.05) is 129 Å². The molecule has 0 saturated heterocycles. The van der Waals surface area contributed by atoms with E-state index < -0.39 is 5.97 Å². The SMILES string of the molecule is CC/C=C\C/C=C\C/C=C\C/C=C\C/C=C\CC(=O)OC(/C=C\C/C=C\C/C=C\C/C=C\C/C=C\CC)CCCCC(=O)O. The van der Waals surface area contributed by atoms with Gasteiger partial charge < -0.3 is 9.84 Å². The Labute approximate surface area is 268 Å². The summed E-state index contributed by atoms with van der Waals surface area (Å²) in [5, 5.41) is 8.89. The molecule has 0 saturated carbocycles. The van der Waals surface area contributed by atoms with Crippen LogP contribution in [0, 0.1) is 0 Å². The number of rotatable bonds is 27. The van der Waals surface area contributed by atoms with Gasteiger partial charge in [0.05, 0.1) is 6.42 Å². The van der Waals surface area contributed by atoms with Crippen molar-refractivity contribution < 1.29 is 19.4 Å². The summed E-state index contributed by atoms with van der Waals surface area (Å²) in [6.45, 7) is 4.28. The molecule has 0 aliphatic heterocycles. The fourth-order valence-corrected chi connectivity index (χ4v) is 3.85.